The standard InChI is InChI=1S/C13H15ClN4O2/c1-2-6-19-12-16-11(15)17-13(18-12)20-8-9-4-3-5-10(14)7-9/h3-5,7H,2,6,8H2,1H3,(H2,15,16,17,18). The van der Waals surface area contributed by atoms with Crippen molar-refractivity contribution in [3.8, 4) is 12.0 Å². The van der Waals surface area contributed by atoms with Crippen molar-refractivity contribution in [2.45, 2.75) is 20.0 Å². The molecule has 1 heterocycles. The largest absolute Gasteiger partial charge is 0.463 e. The highest BCUT2D eigenvalue weighted by Crippen LogP contribution is 2.15. The molecule has 0 amide bonds. The first-order chi connectivity index (χ1) is 9.67. The fourth-order valence-corrected chi connectivity index (χ4v) is 1.66. The molecule has 6 nitrogen and oxygen atoms in total. The van der Waals surface area contributed by atoms with E-state index in [1.165, 1.54) is 0 Å². The summed E-state index contributed by atoms with van der Waals surface area (Å²) < 4.78 is 10.8. The summed E-state index contributed by atoms with van der Waals surface area (Å²) in [5.41, 5.74) is 6.49. The number of benzene rings is 1. The molecule has 0 radical (unpaired) electrons. The van der Waals surface area contributed by atoms with Gasteiger partial charge in [-0.25, -0.2) is 0 Å². The summed E-state index contributed by atoms with van der Waals surface area (Å²) >= 11 is 5.90. The number of anilines is 1. The van der Waals surface area contributed by atoms with E-state index < -0.39 is 0 Å². The van der Waals surface area contributed by atoms with Crippen molar-refractivity contribution in [3.63, 3.8) is 0 Å². The van der Waals surface area contributed by atoms with Gasteiger partial charge in [-0.15, -0.1) is 4.98 Å². The van der Waals surface area contributed by atoms with Crippen LogP contribution in [0.3, 0.4) is 0 Å². The van der Waals surface area contributed by atoms with Crippen LogP contribution in [0.2, 0.25) is 5.02 Å². The normalized spacial score (nSPS) is 10.3. The molecule has 0 aliphatic heterocycles. The molecule has 0 unspecified atom stereocenters. The maximum Gasteiger partial charge on any atom is 0.324 e. The van der Waals surface area contributed by atoms with Gasteiger partial charge in [-0.2, -0.15) is 9.97 Å². The topological polar surface area (TPSA) is 83.2 Å². The van der Waals surface area contributed by atoms with Crippen molar-refractivity contribution in [1.82, 2.24) is 15.0 Å². The van der Waals surface area contributed by atoms with Crippen LogP contribution in [0.5, 0.6) is 12.0 Å². The molecule has 0 fully saturated rings. The van der Waals surface area contributed by atoms with Crippen molar-refractivity contribution in [2.24, 2.45) is 0 Å². The molecule has 2 aromatic rings. The zero-order valence-electron chi connectivity index (χ0n) is 11.0. The number of nitrogen functional groups attached to an aromatic ring is 1. The fraction of sp³-hybridized carbons (Fsp3) is 0.308. The van der Waals surface area contributed by atoms with Gasteiger partial charge in [-0.3, -0.25) is 0 Å². The molecular formula is C13H15ClN4O2. The van der Waals surface area contributed by atoms with Crippen molar-refractivity contribution < 1.29 is 9.47 Å². The Bertz CT molecular complexity index is 580. The summed E-state index contributed by atoms with van der Waals surface area (Å²) in [4.78, 5) is 11.8. The Morgan fingerprint density at radius 1 is 1.15 bits per heavy atom. The van der Waals surface area contributed by atoms with E-state index in [9.17, 15) is 0 Å². The lowest BCUT2D eigenvalue weighted by molar-refractivity contribution is 0.256. The number of ether oxygens (including phenoxy) is 2. The zero-order chi connectivity index (χ0) is 14.4. The third-order valence-electron chi connectivity index (χ3n) is 2.30. The van der Waals surface area contributed by atoms with E-state index in [4.69, 9.17) is 26.8 Å². The quantitative estimate of drug-likeness (QED) is 0.881. The van der Waals surface area contributed by atoms with Gasteiger partial charge < -0.3 is 15.2 Å². The molecule has 1 aromatic heterocycles. The van der Waals surface area contributed by atoms with Gasteiger partial charge in [0.05, 0.1) is 6.61 Å². The second-order valence-electron chi connectivity index (χ2n) is 4.03. The number of nitrogens with zero attached hydrogens (tertiary/aromatic N) is 3. The van der Waals surface area contributed by atoms with Crippen LogP contribution in [-0.4, -0.2) is 21.6 Å². The van der Waals surface area contributed by atoms with E-state index in [-0.39, 0.29) is 24.6 Å². The van der Waals surface area contributed by atoms with Crippen LogP contribution in [-0.2, 0) is 6.61 Å². The lowest BCUT2D eigenvalue weighted by atomic mass is 10.2. The molecule has 20 heavy (non-hydrogen) atoms. The first kappa shape index (κ1) is 14.3. The van der Waals surface area contributed by atoms with Gasteiger partial charge in [0.25, 0.3) is 0 Å². The van der Waals surface area contributed by atoms with Gasteiger partial charge in [-0.05, 0) is 24.1 Å². The van der Waals surface area contributed by atoms with Crippen molar-refractivity contribution in [3.05, 3.63) is 34.9 Å². The third-order valence-corrected chi connectivity index (χ3v) is 2.54. The molecule has 2 N–H and O–H groups in total. The summed E-state index contributed by atoms with van der Waals surface area (Å²) in [5, 5.41) is 0.647. The van der Waals surface area contributed by atoms with Crippen molar-refractivity contribution in [1.29, 1.82) is 0 Å². The molecule has 106 valence electrons. The summed E-state index contributed by atoms with van der Waals surface area (Å²) in [6.45, 7) is 2.79. The van der Waals surface area contributed by atoms with Crippen LogP contribution in [0.15, 0.2) is 24.3 Å². The van der Waals surface area contributed by atoms with Crippen molar-refractivity contribution in [2.75, 3.05) is 12.3 Å². The Balaban J connectivity index is 2.03. The second kappa shape index (κ2) is 6.91. The predicted molar refractivity (Wildman–Crippen MR) is 75.8 cm³/mol. The van der Waals surface area contributed by atoms with Gasteiger partial charge in [0.1, 0.15) is 6.61 Å². The number of hydrogen-bond acceptors (Lipinski definition) is 6. The Labute approximate surface area is 121 Å². The summed E-state index contributed by atoms with van der Waals surface area (Å²) in [6.07, 6.45) is 0.851. The van der Waals surface area contributed by atoms with Crippen LogP contribution < -0.4 is 15.2 Å². The van der Waals surface area contributed by atoms with Crippen molar-refractivity contribution >= 4 is 17.5 Å². The summed E-state index contributed by atoms with van der Waals surface area (Å²) in [6, 6.07) is 7.64. The number of aromatic nitrogens is 3. The highest BCUT2D eigenvalue weighted by atomic mass is 35.5. The molecule has 0 saturated carbocycles. The second-order valence-corrected chi connectivity index (χ2v) is 4.46. The summed E-state index contributed by atoms with van der Waals surface area (Å²) in [5.74, 6) is 0.0622. The molecule has 1 aromatic carbocycles. The van der Waals surface area contributed by atoms with Gasteiger partial charge >= 0.3 is 12.0 Å². The van der Waals surface area contributed by atoms with Gasteiger partial charge in [0.15, 0.2) is 0 Å². The molecule has 0 atom stereocenters. The van der Waals surface area contributed by atoms with E-state index in [1.54, 1.807) is 12.1 Å². The average Bonchev–Trinajstić information content (AvgIpc) is 2.42. The van der Waals surface area contributed by atoms with Crippen LogP contribution in [0.25, 0.3) is 0 Å². The molecule has 0 aliphatic carbocycles. The highest BCUT2D eigenvalue weighted by molar-refractivity contribution is 6.30. The maximum atomic E-state index is 5.90. The molecular weight excluding hydrogens is 280 g/mol. The minimum absolute atomic E-state index is 0.0622. The molecule has 2 rings (SSSR count). The molecule has 7 heteroatoms. The smallest absolute Gasteiger partial charge is 0.324 e. The maximum absolute atomic E-state index is 5.90. The van der Waals surface area contributed by atoms with Crippen LogP contribution in [0.1, 0.15) is 18.9 Å². The van der Waals surface area contributed by atoms with Crippen LogP contribution in [0, 0.1) is 0 Å². The Morgan fingerprint density at radius 3 is 2.60 bits per heavy atom. The Morgan fingerprint density at radius 2 is 1.90 bits per heavy atom. The van der Waals surface area contributed by atoms with Gasteiger partial charge in [-0.1, -0.05) is 30.7 Å². The average molecular weight is 295 g/mol. The number of rotatable bonds is 6. The lowest BCUT2D eigenvalue weighted by Gasteiger charge is -2.07. The number of nitrogens with two attached hydrogens (primary N) is 1. The van der Waals surface area contributed by atoms with E-state index >= 15 is 0 Å². The monoisotopic (exact) mass is 294 g/mol. The first-order valence-electron chi connectivity index (χ1n) is 6.19. The van der Waals surface area contributed by atoms with Crippen LogP contribution >= 0.6 is 11.6 Å². The highest BCUT2D eigenvalue weighted by Gasteiger charge is 2.07. The fourth-order valence-electron chi connectivity index (χ4n) is 1.45. The third kappa shape index (κ3) is 4.24. The SMILES string of the molecule is CCCOc1nc(N)nc(OCc2cccc(Cl)c2)n1. The molecule has 0 saturated heterocycles. The molecule has 0 aliphatic rings. The number of hydrogen-bond donors (Lipinski definition) is 1. The lowest BCUT2D eigenvalue weighted by Crippen LogP contribution is -2.07. The minimum atomic E-state index is 0.0622. The predicted octanol–water partition coefficient (Wildman–Crippen LogP) is 2.48. The minimum Gasteiger partial charge on any atom is -0.463 e. The summed E-state index contributed by atoms with van der Waals surface area (Å²) in [7, 11) is 0. The van der Waals surface area contributed by atoms with Gasteiger partial charge in [0, 0.05) is 5.02 Å². The Kier molecular flexibility index (Phi) is 4.95. The molecule has 0 spiro atoms. The van der Waals surface area contributed by atoms with E-state index in [0.717, 1.165) is 12.0 Å². The van der Waals surface area contributed by atoms with Crippen LogP contribution in [0.4, 0.5) is 5.95 Å². The zero-order valence-corrected chi connectivity index (χ0v) is 11.8. The molecule has 0 bridgehead atoms. The first-order valence-corrected chi connectivity index (χ1v) is 6.56. The number of halogens is 1. The van der Waals surface area contributed by atoms with E-state index in [1.807, 2.05) is 19.1 Å². The van der Waals surface area contributed by atoms with E-state index in [2.05, 4.69) is 15.0 Å². The van der Waals surface area contributed by atoms with E-state index in [0.29, 0.717) is 11.6 Å². The Hall–Kier alpha value is -2.08. The van der Waals surface area contributed by atoms with Gasteiger partial charge in [0.2, 0.25) is 5.95 Å².